The fraction of sp³-hybridized carbons (Fsp3) is 0.0476. The maximum atomic E-state index is 12.8. The Morgan fingerprint density at radius 1 is 1.00 bits per heavy atom. The van der Waals surface area contributed by atoms with E-state index in [2.05, 4.69) is 10.6 Å². The first-order chi connectivity index (χ1) is 14.5. The highest BCUT2D eigenvalue weighted by Gasteiger charge is 2.18. The van der Waals surface area contributed by atoms with E-state index in [1.807, 2.05) is 11.4 Å². The Morgan fingerprint density at radius 3 is 2.57 bits per heavy atom. The third kappa shape index (κ3) is 4.15. The number of anilines is 2. The van der Waals surface area contributed by atoms with Crippen LogP contribution in [0.1, 0.15) is 19.3 Å². The molecule has 0 atom stereocenters. The standard InChI is InChI=1S/C21H14Cl2N2O3S2/c1-28-15-10-12(5-7-14(15)25-20(26)16-3-2-8-29-16)24-21(27)19-18(23)13-6-4-11(22)9-17(13)30-19/h2-10H,1H3,(H,24,27)(H,25,26). The normalized spacial score (nSPS) is 10.8. The van der Waals surface area contributed by atoms with Gasteiger partial charge in [0.25, 0.3) is 11.8 Å². The van der Waals surface area contributed by atoms with E-state index < -0.39 is 0 Å². The number of carbonyl (C=O) groups excluding carboxylic acids is 2. The number of ether oxygens (including phenoxy) is 1. The number of methoxy groups -OCH3 is 1. The van der Waals surface area contributed by atoms with Crippen molar-refractivity contribution in [2.24, 2.45) is 0 Å². The van der Waals surface area contributed by atoms with E-state index in [0.29, 0.717) is 36.9 Å². The zero-order valence-electron chi connectivity index (χ0n) is 15.5. The first-order valence-electron chi connectivity index (χ1n) is 8.68. The second-order valence-electron chi connectivity index (χ2n) is 6.19. The van der Waals surface area contributed by atoms with Crippen molar-refractivity contribution in [2.75, 3.05) is 17.7 Å². The number of fused-ring (bicyclic) bond motifs is 1. The first-order valence-corrected chi connectivity index (χ1v) is 11.1. The molecule has 0 fully saturated rings. The summed E-state index contributed by atoms with van der Waals surface area (Å²) < 4.78 is 6.21. The lowest BCUT2D eigenvalue weighted by Crippen LogP contribution is -2.13. The van der Waals surface area contributed by atoms with E-state index >= 15 is 0 Å². The van der Waals surface area contributed by atoms with Gasteiger partial charge in [-0.15, -0.1) is 22.7 Å². The van der Waals surface area contributed by atoms with E-state index in [4.69, 9.17) is 27.9 Å². The average molecular weight is 477 g/mol. The Balaban J connectivity index is 1.55. The van der Waals surface area contributed by atoms with Crippen molar-refractivity contribution in [3.05, 3.63) is 73.7 Å². The molecule has 0 saturated heterocycles. The van der Waals surface area contributed by atoms with Gasteiger partial charge < -0.3 is 15.4 Å². The predicted octanol–water partition coefficient (Wildman–Crippen LogP) is 6.78. The quantitative estimate of drug-likeness (QED) is 0.333. The smallest absolute Gasteiger partial charge is 0.267 e. The Hall–Kier alpha value is -2.58. The summed E-state index contributed by atoms with van der Waals surface area (Å²) >= 11 is 15.0. The van der Waals surface area contributed by atoms with Crippen LogP contribution < -0.4 is 15.4 Å². The summed E-state index contributed by atoms with van der Waals surface area (Å²) in [6.07, 6.45) is 0. The van der Waals surface area contributed by atoms with E-state index in [9.17, 15) is 9.59 Å². The molecule has 0 aliphatic rings. The molecule has 9 heteroatoms. The van der Waals surface area contributed by atoms with Gasteiger partial charge in [-0.05, 0) is 35.7 Å². The summed E-state index contributed by atoms with van der Waals surface area (Å²) in [4.78, 5) is 26.1. The van der Waals surface area contributed by atoms with Gasteiger partial charge in [0.15, 0.2) is 0 Å². The first kappa shape index (κ1) is 20.7. The monoisotopic (exact) mass is 476 g/mol. The molecular weight excluding hydrogens is 463 g/mol. The minimum Gasteiger partial charge on any atom is -0.494 e. The second kappa shape index (κ2) is 8.65. The molecule has 30 heavy (non-hydrogen) atoms. The third-order valence-corrected chi connectivity index (χ3v) is 7.01. The molecule has 2 heterocycles. The Labute approximate surface area is 190 Å². The lowest BCUT2D eigenvalue weighted by Gasteiger charge is -2.12. The maximum absolute atomic E-state index is 12.8. The van der Waals surface area contributed by atoms with Crippen molar-refractivity contribution in [1.29, 1.82) is 0 Å². The number of rotatable bonds is 5. The number of nitrogens with one attached hydrogen (secondary N) is 2. The predicted molar refractivity (Wildman–Crippen MR) is 125 cm³/mol. The van der Waals surface area contributed by atoms with Gasteiger partial charge in [-0.2, -0.15) is 0 Å². The van der Waals surface area contributed by atoms with E-state index in [1.165, 1.54) is 29.8 Å². The van der Waals surface area contributed by atoms with Gasteiger partial charge in [-0.3, -0.25) is 9.59 Å². The number of halogens is 2. The lowest BCUT2D eigenvalue weighted by molar-refractivity contribution is 0.102. The number of hydrogen-bond donors (Lipinski definition) is 2. The second-order valence-corrected chi connectivity index (χ2v) is 9.00. The number of benzene rings is 2. The van der Waals surface area contributed by atoms with E-state index in [1.54, 1.807) is 42.5 Å². The van der Waals surface area contributed by atoms with Gasteiger partial charge in [0, 0.05) is 26.9 Å². The molecular formula is C21H14Cl2N2O3S2. The van der Waals surface area contributed by atoms with Crippen molar-refractivity contribution >= 4 is 79.2 Å². The number of hydrogen-bond acceptors (Lipinski definition) is 5. The van der Waals surface area contributed by atoms with Gasteiger partial charge in [0.2, 0.25) is 0 Å². The topological polar surface area (TPSA) is 67.4 Å². The van der Waals surface area contributed by atoms with Crippen LogP contribution in [0, 0.1) is 0 Å². The van der Waals surface area contributed by atoms with Crippen molar-refractivity contribution in [2.45, 2.75) is 0 Å². The van der Waals surface area contributed by atoms with Crippen LogP contribution in [0.5, 0.6) is 5.75 Å². The molecule has 0 bridgehead atoms. The largest absolute Gasteiger partial charge is 0.494 e. The van der Waals surface area contributed by atoms with Crippen LogP contribution >= 0.6 is 45.9 Å². The molecule has 2 amide bonds. The molecule has 2 aromatic carbocycles. The van der Waals surface area contributed by atoms with Gasteiger partial charge in [0.1, 0.15) is 10.6 Å². The summed E-state index contributed by atoms with van der Waals surface area (Å²) in [5.74, 6) is -0.141. The molecule has 4 rings (SSSR count). The molecule has 0 unspecified atom stereocenters. The van der Waals surface area contributed by atoms with Crippen LogP contribution in [0.15, 0.2) is 53.9 Å². The van der Waals surface area contributed by atoms with E-state index in [0.717, 1.165) is 10.1 Å². The lowest BCUT2D eigenvalue weighted by atomic mass is 10.2. The van der Waals surface area contributed by atoms with Gasteiger partial charge in [-0.25, -0.2) is 0 Å². The molecule has 2 aromatic heterocycles. The molecule has 2 N–H and O–H groups in total. The van der Waals surface area contributed by atoms with Gasteiger partial charge in [0.05, 0.1) is 22.7 Å². The maximum Gasteiger partial charge on any atom is 0.267 e. The molecule has 0 spiro atoms. The average Bonchev–Trinajstić information content (AvgIpc) is 3.37. The zero-order chi connectivity index (χ0) is 21.3. The van der Waals surface area contributed by atoms with Crippen LogP contribution in [0.25, 0.3) is 10.1 Å². The van der Waals surface area contributed by atoms with Crippen molar-refractivity contribution in [3.8, 4) is 5.75 Å². The summed E-state index contributed by atoms with van der Waals surface area (Å²) in [5, 5.41) is 9.21. The molecule has 4 aromatic rings. The molecule has 152 valence electrons. The Kier molecular flexibility index (Phi) is 5.97. The Bertz CT molecular complexity index is 1250. The van der Waals surface area contributed by atoms with Gasteiger partial charge in [-0.1, -0.05) is 35.3 Å². The zero-order valence-corrected chi connectivity index (χ0v) is 18.6. The van der Waals surface area contributed by atoms with Crippen LogP contribution in [0.2, 0.25) is 10.0 Å². The molecule has 0 aliphatic heterocycles. The summed E-state index contributed by atoms with van der Waals surface area (Å²) in [6.45, 7) is 0. The van der Waals surface area contributed by atoms with Gasteiger partial charge >= 0.3 is 0 Å². The van der Waals surface area contributed by atoms with Crippen LogP contribution in [-0.4, -0.2) is 18.9 Å². The minimum absolute atomic E-state index is 0.226. The third-order valence-electron chi connectivity index (χ3n) is 4.25. The van der Waals surface area contributed by atoms with Crippen molar-refractivity contribution in [3.63, 3.8) is 0 Å². The molecule has 0 radical (unpaired) electrons. The van der Waals surface area contributed by atoms with E-state index in [-0.39, 0.29) is 11.8 Å². The van der Waals surface area contributed by atoms with Crippen LogP contribution in [0.3, 0.4) is 0 Å². The summed E-state index contributed by atoms with van der Waals surface area (Å²) in [5.41, 5.74) is 1.01. The fourth-order valence-electron chi connectivity index (χ4n) is 2.84. The van der Waals surface area contributed by atoms with Crippen molar-refractivity contribution in [1.82, 2.24) is 0 Å². The minimum atomic E-state index is -0.338. The number of carbonyl (C=O) groups is 2. The molecule has 5 nitrogen and oxygen atoms in total. The highest BCUT2D eigenvalue weighted by molar-refractivity contribution is 7.21. The van der Waals surface area contributed by atoms with Crippen LogP contribution in [-0.2, 0) is 0 Å². The SMILES string of the molecule is COc1cc(NC(=O)c2sc3cc(Cl)ccc3c2Cl)ccc1NC(=O)c1cccs1. The fourth-order valence-corrected chi connectivity index (χ4v) is 5.14. The number of amides is 2. The summed E-state index contributed by atoms with van der Waals surface area (Å²) in [7, 11) is 1.49. The number of thiophene rings is 2. The molecule has 0 aliphatic carbocycles. The highest BCUT2D eigenvalue weighted by atomic mass is 35.5. The van der Waals surface area contributed by atoms with Crippen LogP contribution in [0.4, 0.5) is 11.4 Å². The summed E-state index contributed by atoms with van der Waals surface area (Å²) in [6, 6.07) is 13.8. The van der Waals surface area contributed by atoms with Crippen molar-refractivity contribution < 1.29 is 14.3 Å². The highest BCUT2D eigenvalue weighted by Crippen LogP contribution is 2.37. The Morgan fingerprint density at radius 2 is 1.83 bits per heavy atom. The molecule has 0 saturated carbocycles.